The van der Waals surface area contributed by atoms with E-state index >= 15 is 0 Å². The molecular formula is C18H18N2O3S. The van der Waals surface area contributed by atoms with E-state index in [1.54, 1.807) is 18.2 Å². The molecule has 24 heavy (non-hydrogen) atoms. The quantitative estimate of drug-likeness (QED) is 0.792. The number of carbonyl (C=O) groups excluding carboxylic acids is 1. The van der Waals surface area contributed by atoms with Crippen LogP contribution in [0.4, 0.5) is 5.69 Å². The van der Waals surface area contributed by atoms with Gasteiger partial charge in [-0.2, -0.15) is 0 Å². The highest BCUT2D eigenvalue weighted by atomic mass is 32.2. The highest BCUT2D eigenvalue weighted by molar-refractivity contribution is 7.92. The Kier molecular flexibility index (Phi) is 5.61. The number of anilines is 1. The summed E-state index contributed by atoms with van der Waals surface area (Å²) in [5, 5.41) is 2.88. The SMILES string of the molecule is C#CCC(NC(=O)c1cccc(NS(C)(=O)=O)c1)c1ccccc1. The number of rotatable bonds is 6. The van der Waals surface area contributed by atoms with Crippen LogP contribution in [-0.2, 0) is 10.0 Å². The second-order valence-electron chi connectivity index (χ2n) is 5.30. The Bertz CT molecular complexity index is 855. The molecule has 0 aliphatic rings. The van der Waals surface area contributed by atoms with E-state index in [1.807, 2.05) is 30.3 Å². The second-order valence-corrected chi connectivity index (χ2v) is 7.05. The van der Waals surface area contributed by atoms with E-state index in [9.17, 15) is 13.2 Å². The molecule has 0 heterocycles. The highest BCUT2D eigenvalue weighted by Gasteiger charge is 2.15. The minimum atomic E-state index is -3.40. The van der Waals surface area contributed by atoms with Crippen molar-refractivity contribution in [2.45, 2.75) is 12.5 Å². The van der Waals surface area contributed by atoms with Gasteiger partial charge >= 0.3 is 0 Å². The third-order valence-electron chi connectivity index (χ3n) is 3.26. The molecule has 2 aromatic carbocycles. The molecule has 0 fully saturated rings. The monoisotopic (exact) mass is 342 g/mol. The van der Waals surface area contributed by atoms with Crippen molar-refractivity contribution in [1.29, 1.82) is 0 Å². The summed E-state index contributed by atoms with van der Waals surface area (Å²) >= 11 is 0. The summed E-state index contributed by atoms with van der Waals surface area (Å²) < 4.78 is 24.9. The Morgan fingerprint density at radius 1 is 1.17 bits per heavy atom. The van der Waals surface area contributed by atoms with Crippen molar-refractivity contribution in [3.05, 3.63) is 65.7 Å². The van der Waals surface area contributed by atoms with Crippen LogP contribution in [-0.4, -0.2) is 20.6 Å². The van der Waals surface area contributed by atoms with Gasteiger partial charge in [-0.3, -0.25) is 9.52 Å². The fourth-order valence-electron chi connectivity index (χ4n) is 2.23. The summed E-state index contributed by atoms with van der Waals surface area (Å²) in [5.74, 6) is 2.24. The maximum atomic E-state index is 12.5. The number of carbonyl (C=O) groups is 1. The van der Waals surface area contributed by atoms with Gasteiger partial charge in [0, 0.05) is 17.7 Å². The minimum Gasteiger partial charge on any atom is -0.344 e. The molecule has 1 unspecified atom stereocenters. The number of nitrogens with one attached hydrogen (secondary N) is 2. The average molecular weight is 342 g/mol. The van der Waals surface area contributed by atoms with Crippen LogP contribution in [0.3, 0.4) is 0 Å². The maximum Gasteiger partial charge on any atom is 0.251 e. The van der Waals surface area contributed by atoms with Crippen LogP contribution < -0.4 is 10.0 Å². The normalized spacial score (nSPS) is 12.0. The third kappa shape index (κ3) is 5.14. The Morgan fingerprint density at radius 3 is 2.50 bits per heavy atom. The molecule has 124 valence electrons. The van der Waals surface area contributed by atoms with Gasteiger partial charge in [0.05, 0.1) is 12.3 Å². The van der Waals surface area contributed by atoms with Crippen molar-refractivity contribution in [3.63, 3.8) is 0 Å². The largest absolute Gasteiger partial charge is 0.344 e. The molecule has 0 saturated heterocycles. The lowest BCUT2D eigenvalue weighted by Crippen LogP contribution is -2.28. The van der Waals surface area contributed by atoms with E-state index in [2.05, 4.69) is 16.0 Å². The molecule has 5 nitrogen and oxygen atoms in total. The molecule has 0 bridgehead atoms. The molecule has 0 radical (unpaired) electrons. The Morgan fingerprint density at radius 2 is 1.88 bits per heavy atom. The van der Waals surface area contributed by atoms with Gasteiger partial charge in [0.25, 0.3) is 5.91 Å². The lowest BCUT2D eigenvalue weighted by atomic mass is 10.0. The van der Waals surface area contributed by atoms with E-state index in [4.69, 9.17) is 6.42 Å². The van der Waals surface area contributed by atoms with Gasteiger partial charge in [0.15, 0.2) is 0 Å². The third-order valence-corrected chi connectivity index (χ3v) is 3.86. The topological polar surface area (TPSA) is 75.3 Å². The molecule has 2 rings (SSSR count). The molecule has 2 N–H and O–H groups in total. The van der Waals surface area contributed by atoms with Crippen LogP contribution in [0.2, 0.25) is 0 Å². The molecule has 1 atom stereocenters. The van der Waals surface area contributed by atoms with Crippen molar-refractivity contribution in [2.75, 3.05) is 11.0 Å². The number of amides is 1. The Labute approximate surface area is 142 Å². The standard InChI is InChI=1S/C18H18N2O3S/c1-3-8-17(14-9-5-4-6-10-14)19-18(21)15-11-7-12-16(13-15)20-24(2,22)23/h1,4-7,9-13,17,20H,8H2,2H3,(H,19,21). The van der Waals surface area contributed by atoms with E-state index < -0.39 is 10.0 Å². The lowest BCUT2D eigenvalue weighted by molar-refractivity contribution is 0.0937. The molecule has 0 aliphatic carbocycles. The Hall–Kier alpha value is -2.78. The molecule has 0 aromatic heterocycles. The summed E-state index contributed by atoms with van der Waals surface area (Å²) in [6, 6.07) is 15.4. The number of hydrogen-bond donors (Lipinski definition) is 2. The summed E-state index contributed by atoms with van der Waals surface area (Å²) in [7, 11) is -3.40. The molecule has 0 saturated carbocycles. The van der Waals surface area contributed by atoms with Crippen molar-refractivity contribution in [3.8, 4) is 12.3 Å². The van der Waals surface area contributed by atoms with Gasteiger partial charge in [0.1, 0.15) is 0 Å². The van der Waals surface area contributed by atoms with Crippen LogP contribution in [0.25, 0.3) is 0 Å². The number of benzene rings is 2. The molecule has 2 aromatic rings. The molecular weight excluding hydrogens is 324 g/mol. The molecule has 0 spiro atoms. The summed E-state index contributed by atoms with van der Waals surface area (Å²) in [6.07, 6.45) is 6.81. The van der Waals surface area contributed by atoms with Gasteiger partial charge in [-0.15, -0.1) is 12.3 Å². The first kappa shape index (κ1) is 17.6. The van der Waals surface area contributed by atoms with Gasteiger partial charge < -0.3 is 5.32 Å². The van der Waals surface area contributed by atoms with Crippen LogP contribution in [0.1, 0.15) is 28.4 Å². The predicted molar refractivity (Wildman–Crippen MR) is 95.0 cm³/mol. The number of sulfonamides is 1. The van der Waals surface area contributed by atoms with Crippen molar-refractivity contribution in [2.24, 2.45) is 0 Å². The van der Waals surface area contributed by atoms with Gasteiger partial charge in [-0.05, 0) is 23.8 Å². The van der Waals surface area contributed by atoms with Crippen LogP contribution in [0.5, 0.6) is 0 Å². The second kappa shape index (κ2) is 7.66. The lowest BCUT2D eigenvalue weighted by Gasteiger charge is -2.17. The summed E-state index contributed by atoms with van der Waals surface area (Å²) in [5.41, 5.74) is 1.59. The van der Waals surface area contributed by atoms with Gasteiger partial charge in [-0.25, -0.2) is 8.42 Å². The number of terminal acetylenes is 1. The van der Waals surface area contributed by atoms with E-state index in [0.717, 1.165) is 11.8 Å². The van der Waals surface area contributed by atoms with Crippen molar-refractivity contribution < 1.29 is 13.2 Å². The fraction of sp³-hybridized carbons (Fsp3) is 0.167. The van der Waals surface area contributed by atoms with Crippen LogP contribution in [0.15, 0.2) is 54.6 Å². The molecule has 6 heteroatoms. The Balaban J connectivity index is 2.19. The number of hydrogen-bond acceptors (Lipinski definition) is 3. The highest BCUT2D eigenvalue weighted by Crippen LogP contribution is 2.18. The first-order valence-corrected chi connectivity index (χ1v) is 9.15. The minimum absolute atomic E-state index is 0.310. The van der Waals surface area contributed by atoms with E-state index in [1.165, 1.54) is 6.07 Å². The van der Waals surface area contributed by atoms with Crippen LogP contribution >= 0.6 is 0 Å². The predicted octanol–water partition coefficient (Wildman–Crippen LogP) is 2.55. The zero-order valence-electron chi connectivity index (χ0n) is 13.2. The summed E-state index contributed by atoms with van der Waals surface area (Å²) in [6.45, 7) is 0. The molecule has 1 amide bonds. The van der Waals surface area contributed by atoms with Gasteiger partial charge in [-0.1, -0.05) is 36.4 Å². The van der Waals surface area contributed by atoms with Crippen molar-refractivity contribution in [1.82, 2.24) is 5.32 Å². The summed E-state index contributed by atoms with van der Waals surface area (Å²) in [4.78, 5) is 12.5. The van der Waals surface area contributed by atoms with Crippen molar-refractivity contribution >= 4 is 21.6 Å². The smallest absolute Gasteiger partial charge is 0.251 e. The van der Waals surface area contributed by atoms with Crippen LogP contribution in [0, 0.1) is 12.3 Å². The molecule has 0 aliphatic heterocycles. The zero-order valence-corrected chi connectivity index (χ0v) is 14.0. The van der Waals surface area contributed by atoms with Gasteiger partial charge in [0.2, 0.25) is 10.0 Å². The first-order valence-electron chi connectivity index (χ1n) is 7.26. The average Bonchev–Trinajstić information content (AvgIpc) is 2.54. The van der Waals surface area contributed by atoms with E-state index in [-0.39, 0.29) is 11.9 Å². The fourth-order valence-corrected chi connectivity index (χ4v) is 2.79. The van der Waals surface area contributed by atoms with E-state index in [0.29, 0.717) is 17.7 Å². The first-order chi connectivity index (χ1) is 11.4. The zero-order chi connectivity index (χ0) is 17.6. The maximum absolute atomic E-state index is 12.5.